The zero-order valence-electron chi connectivity index (χ0n) is 15.1. The first-order valence-electron chi connectivity index (χ1n) is 8.53. The van der Waals surface area contributed by atoms with Crippen LogP contribution >= 0.6 is 15.9 Å². The van der Waals surface area contributed by atoms with Gasteiger partial charge in [0.2, 0.25) is 0 Å². The second kappa shape index (κ2) is 6.83. The maximum absolute atomic E-state index is 14.8. The Labute approximate surface area is 170 Å². The fraction of sp³-hybridized carbons (Fsp3) is 0.0952. The van der Waals surface area contributed by atoms with Gasteiger partial charge in [-0.2, -0.15) is 0 Å². The van der Waals surface area contributed by atoms with Crippen molar-refractivity contribution in [2.45, 2.75) is 18.7 Å². The number of rotatable bonds is 3. The van der Waals surface area contributed by atoms with Crippen molar-refractivity contribution in [2.75, 3.05) is 0 Å². The summed E-state index contributed by atoms with van der Waals surface area (Å²) in [4.78, 5) is 4.45. The summed E-state index contributed by atoms with van der Waals surface area (Å²) in [6.07, 6.45) is 2.97. The molecule has 0 aliphatic heterocycles. The smallest absolute Gasteiger partial charge is 0.236 e. The topological polar surface area (TPSA) is 52.0 Å². The van der Waals surface area contributed by atoms with E-state index in [1.807, 2.05) is 6.92 Å². The monoisotopic (exact) mass is 458 g/mol. The van der Waals surface area contributed by atoms with E-state index in [1.165, 1.54) is 12.4 Å². The maximum Gasteiger partial charge on any atom is 0.269 e. The van der Waals surface area contributed by atoms with Gasteiger partial charge in [-0.25, -0.2) is 21.8 Å². The predicted octanol–water partition coefficient (Wildman–Crippen LogP) is 5.46. The van der Waals surface area contributed by atoms with Crippen molar-refractivity contribution in [1.29, 1.82) is 0 Å². The molecule has 4 nitrogen and oxygen atoms in total. The van der Waals surface area contributed by atoms with Gasteiger partial charge in [0.1, 0.15) is 5.82 Å². The lowest BCUT2D eigenvalue weighted by Crippen LogP contribution is -2.12. The Kier molecular flexibility index (Phi) is 4.59. The fourth-order valence-electron chi connectivity index (χ4n) is 3.13. The number of fused-ring (bicyclic) bond motifs is 1. The van der Waals surface area contributed by atoms with Gasteiger partial charge in [-0.3, -0.25) is 0 Å². The van der Waals surface area contributed by atoms with Crippen molar-refractivity contribution in [3.05, 3.63) is 82.3 Å². The Morgan fingerprint density at radius 3 is 2.46 bits per heavy atom. The molecule has 0 N–H and O–H groups in total. The van der Waals surface area contributed by atoms with E-state index in [9.17, 15) is 12.8 Å². The van der Waals surface area contributed by atoms with Crippen LogP contribution in [0.4, 0.5) is 4.39 Å². The Hall–Kier alpha value is -2.51. The normalized spacial score (nSPS) is 11.9. The van der Waals surface area contributed by atoms with Crippen LogP contribution in [0.15, 0.2) is 70.3 Å². The van der Waals surface area contributed by atoms with Gasteiger partial charge >= 0.3 is 0 Å². The minimum Gasteiger partial charge on any atom is -0.236 e. The van der Waals surface area contributed by atoms with Gasteiger partial charge in [0, 0.05) is 33.4 Å². The third kappa shape index (κ3) is 3.04. The lowest BCUT2D eigenvalue weighted by Gasteiger charge is -2.07. The average molecular weight is 459 g/mol. The van der Waals surface area contributed by atoms with Crippen molar-refractivity contribution >= 4 is 37.0 Å². The lowest BCUT2D eigenvalue weighted by atomic mass is 10.0. The molecule has 28 heavy (non-hydrogen) atoms. The summed E-state index contributed by atoms with van der Waals surface area (Å²) >= 11 is 3.37. The Morgan fingerprint density at radius 2 is 1.75 bits per heavy atom. The second-order valence-electron chi connectivity index (χ2n) is 6.62. The van der Waals surface area contributed by atoms with Crippen LogP contribution in [0.1, 0.15) is 11.1 Å². The van der Waals surface area contributed by atoms with Crippen LogP contribution in [-0.2, 0) is 10.0 Å². The summed E-state index contributed by atoms with van der Waals surface area (Å²) in [5, 5.41) is 0.551. The van der Waals surface area contributed by atoms with Gasteiger partial charge in [0.25, 0.3) is 10.0 Å². The number of aromatic nitrogens is 2. The van der Waals surface area contributed by atoms with Gasteiger partial charge < -0.3 is 0 Å². The number of halogens is 2. The first-order valence-corrected chi connectivity index (χ1v) is 10.8. The molecule has 2 heterocycles. The predicted molar refractivity (Wildman–Crippen MR) is 111 cm³/mol. The van der Waals surface area contributed by atoms with Gasteiger partial charge in [0.15, 0.2) is 5.65 Å². The van der Waals surface area contributed by atoms with E-state index < -0.39 is 10.0 Å². The SMILES string of the molecule is Cc1ccc(S(=O)(=O)n2cc(-c3cccc(C)c3F)c3cc(Br)cnc32)cc1. The molecule has 0 aliphatic rings. The van der Waals surface area contributed by atoms with Crippen LogP contribution in [0, 0.1) is 19.7 Å². The van der Waals surface area contributed by atoms with Crippen molar-refractivity contribution in [3.63, 3.8) is 0 Å². The molecule has 0 unspecified atom stereocenters. The van der Waals surface area contributed by atoms with Crippen molar-refractivity contribution in [3.8, 4) is 11.1 Å². The molecule has 0 radical (unpaired) electrons. The molecule has 2 aromatic carbocycles. The summed E-state index contributed by atoms with van der Waals surface area (Å²) < 4.78 is 43.1. The molecule has 4 rings (SSSR count). The molecule has 2 aromatic heterocycles. The summed E-state index contributed by atoms with van der Waals surface area (Å²) in [7, 11) is -3.89. The van der Waals surface area contributed by atoms with Crippen molar-refractivity contribution < 1.29 is 12.8 Å². The third-order valence-electron chi connectivity index (χ3n) is 4.64. The Balaban J connectivity index is 2.04. The van der Waals surface area contributed by atoms with Crippen LogP contribution in [0.5, 0.6) is 0 Å². The highest BCUT2D eigenvalue weighted by Gasteiger charge is 2.24. The molecule has 0 bridgehead atoms. The summed E-state index contributed by atoms with van der Waals surface area (Å²) in [5.74, 6) is -0.380. The molecule has 0 spiro atoms. The van der Waals surface area contributed by atoms with Crippen LogP contribution in [0.3, 0.4) is 0 Å². The van der Waals surface area contributed by atoms with Gasteiger partial charge in [-0.05, 0) is 53.5 Å². The van der Waals surface area contributed by atoms with E-state index in [4.69, 9.17) is 0 Å². The minimum atomic E-state index is -3.89. The molecule has 0 atom stereocenters. The molecule has 0 aliphatic carbocycles. The Morgan fingerprint density at radius 1 is 1.04 bits per heavy atom. The summed E-state index contributed by atoms with van der Waals surface area (Å²) in [5.41, 5.74) is 2.51. The minimum absolute atomic E-state index is 0.149. The van der Waals surface area contributed by atoms with Gasteiger partial charge in [-0.1, -0.05) is 35.9 Å². The zero-order chi connectivity index (χ0) is 20.1. The summed E-state index contributed by atoms with van der Waals surface area (Å²) in [6, 6.07) is 13.4. The number of aryl methyl sites for hydroxylation is 2. The highest BCUT2D eigenvalue weighted by Crippen LogP contribution is 2.35. The highest BCUT2D eigenvalue weighted by molar-refractivity contribution is 9.10. The Bertz CT molecular complexity index is 1310. The maximum atomic E-state index is 14.8. The standard InChI is InChI=1S/C21H16BrFN2O2S/c1-13-6-8-16(9-7-13)28(26,27)25-12-19(17-5-3-4-14(2)20(17)23)18-10-15(22)11-24-21(18)25/h3-12H,1-2H3. The fourth-order valence-corrected chi connectivity index (χ4v) is 4.79. The molecule has 4 aromatic rings. The van der Waals surface area contributed by atoms with E-state index in [2.05, 4.69) is 20.9 Å². The molecule has 7 heteroatoms. The van der Waals surface area contributed by atoms with Crippen LogP contribution in [-0.4, -0.2) is 17.4 Å². The molecule has 0 amide bonds. The molecular weight excluding hydrogens is 443 g/mol. The molecule has 0 saturated carbocycles. The first kappa shape index (κ1) is 18.8. The molecular formula is C21H16BrFN2O2S. The molecule has 0 fully saturated rings. The van der Waals surface area contributed by atoms with Crippen LogP contribution in [0.2, 0.25) is 0 Å². The van der Waals surface area contributed by atoms with Gasteiger partial charge in [0.05, 0.1) is 4.90 Å². The number of benzene rings is 2. The zero-order valence-corrected chi connectivity index (χ0v) is 17.6. The lowest BCUT2D eigenvalue weighted by molar-refractivity contribution is 0.588. The third-order valence-corrected chi connectivity index (χ3v) is 6.74. The van der Waals surface area contributed by atoms with E-state index in [1.54, 1.807) is 55.5 Å². The number of hydrogen-bond acceptors (Lipinski definition) is 3. The average Bonchev–Trinajstić information content (AvgIpc) is 3.03. The molecule has 0 saturated heterocycles. The molecule has 142 valence electrons. The van der Waals surface area contributed by atoms with Crippen LogP contribution < -0.4 is 0 Å². The second-order valence-corrected chi connectivity index (χ2v) is 9.35. The van der Waals surface area contributed by atoms with E-state index in [-0.39, 0.29) is 16.4 Å². The summed E-state index contributed by atoms with van der Waals surface area (Å²) in [6.45, 7) is 3.56. The number of hydrogen-bond donors (Lipinski definition) is 0. The van der Waals surface area contributed by atoms with Crippen LogP contribution in [0.25, 0.3) is 22.2 Å². The first-order chi connectivity index (χ1) is 13.3. The van der Waals surface area contributed by atoms with E-state index >= 15 is 0 Å². The van der Waals surface area contributed by atoms with E-state index in [0.717, 1.165) is 9.54 Å². The largest absolute Gasteiger partial charge is 0.269 e. The van der Waals surface area contributed by atoms with Crippen molar-refractivity contribution in [2.24, 2.45) is 0 Å². The van der Waals surface area contributed by atoms with E-state index in [0.29, 0.717) is 26.5 Å². The quantitative estimate of drug-likeness (QED) is 0.409. The highest BCUT2D eigenvalue weighted by atomic mass is 79.9. The number of nitrogens with zero attached hydrogens (tertiary/aromatic N) is 2. The number of pyridine rings is 1. The van der Waals surface area contributed by atoms with Crippen molar-refractivity contribution in [1.82, 2.24) is 8.96 Å². The van der Waals surface area contributed by atoms with Gasteiger partial charge in [-0.15, -0.1) is 0 Å².